The van der Waals surface area contributed by atoms with Gasteiger partial charge in [-0.05, 0) is 114 Å². The average Bonchev–Trinajstić information content (AvgIpc) is 3.87. The summed E-state index contributed by atoms with van der Waals surface area (Å²) in [6.07, 6.45) is 14.4. The van der Waals surface area contributed by atoms with Crippen LogP contribution in [0.1, 0.15) is 145 Å². The van der Waals surface area contributed by atoms with Crippen LogP contribution in [-0.4, -0.2) is 50.3 Å². The Labute approximate surface area is 380 Å². The highest BCUT2D eigenvalue weighted by molar-refractivity contribution is 8.76. The van der Waals surface area contributed by atoms with Crippen LogP contribution in [0.3, 0.4) is 0 Å². The monoisotopic (exact) mass is 889 g/mol. The molecule has 1 aliphatic heterocycles. The first-order valence-electron chi connectivity index (χ1n) is 22.7. The van der Waals surface area contributed by atoms with Crippen LogP contribution in [0.5, 0.6) is 17.2 Å². The van der Waals surface area contributed by atoms with E-state index in [1.807, 2.05) is 24.3 Å². The summed E-state index contributed by atoms with van der Waals surface area (Å²) < 4.78 is 6.14. The predicted octanol–water partition coefficient (Wildman–Crippen LogP) is 9.98. The molecule has 2 aliphatic carbocycles. The zero-order valence-electron chi connectivity index (χ0n) is 36.7. The van der Waals surface area contributed by atoms with Crippen molar-refractivity contribution in [3.05, 3.63) is 123 Å². The Kier molecular flexibility index (Phi) is 15.9. The number of ketones is 2. The van der Waals surface area contributed by atoms with Crippen molar-refractivity contribution in [3.63, 3.8) is 0 Å². The summed E-state index contributed by atoms with van der Waals surface area (Å²) in [5, 5.41) is 33.9. The van der Waals surface area contributed by atoms with Crippen molar-refractivity contribution in [3.8, 4) is 29.1 Å². The van der Waals surface area contributed by atoms with Gasteiger partial charge in [0.05, 0.1) is 25.3 Å². The second-order valence-corrected chi connectivity index (χ2v) is 20.6. The number of benzene rings is 3. The van der Waals surface area contributed by atoms with Gasteiger partial charge in [0.1, 0.15) is 5.75 Å². The molecule has 5 atom stereocenters. The van der Waals surface area contributed by atoms with Crippen LogP contribution in [-0.2, 0) is 29.8 Å². The highest BCUT2D eigenvalue weighted by Crippen LogP contribution is 2.50. The minimum atomic E-state index is -0.771. The third-order valence-corrected chi connectivity index (χ3v) is 15.7. The highest BCUT2D eigenvalue weighted by Gasteiger charge is 2.43. The SMILES string of the molecule is CCCCCC(C)CCC12C=CC(=O)CCc3ccc(O)c(c3)OCCc3ccc(O)c(c3)C3CC(=O)c4cc[nH]c4CC#Cc4cc(C(N)N)c(cc43)CSSCC(C1)C(O)C2. The van der Waals surface area contributed by atoms with Gasteiger partial charge >= 0.3 is 0 Å². The Hall–Kier alpha value is -4.44. The van der Waals surface area contributed by atoms with Crippen molar-refractivity contribution in [2.75, 3.05) is 12.4 Å². The number of fused-ring (bicyclic) bond motifs is 9. The molecule has 9 nitrogen and oxygen atoms in total. The van der Waals surface area contributed by atoms with Crippen molar-refractivity contribution < 1.29 is 29.6 Å². The molecule has 1 aromatic heterocycles. The molecule has 0 amide bonds. The molecule has 1 saturated carbocycles. The maximum absolute atomic E-state index is 14.2. The number of nitrogens with one attached hydrogen (secondary N) is 1. The Balaban J connectivity index is 1.24. The largest absolute Gasteiger partial charge is 0.508 e. The fraction of sp³-hybridized carbons (Fsp3) is 0.462. The summed E-state index contributed by atoms with van der Waals surface area (Å²) in [5.74, 6) is 8.45. The van der Waals surface area contributed by atoms with Crippen molar-refractivity contribution >= 4 is 33.2 Å². The number of allylic oxidation sites excluding steroid dienone is 2. The molecule has 5 unspecified atom stereocenters. The van der Waals surface area contributed by atoms with E-state index in [1.165, 1.54) is 25.7 Å². The summed E-state index contributed by atoms with van der Waals surface area (Å²) in [4.78, 5) is 30.8. The zero-order valence-corrected chi connectivity index (χ0v) is 38.3. The summed E-state index contributed by atoms with van der Waals surface area (Å²) in [7, 11) is 3.41. The van der Waals surface area contributed by atoms with Gasteiger partial charge < -0.3 is 36.5 Å². The second kappa shape index (κ2) is 21.5. The van der Waals surface area contributed by atoms with E-state index in [0.29, 0.717) is 66.2 Å². The van der Waals surface area contributed by atoms with Crippen LogP contribution in [0, 0.1) is 29.1 Å². The van der Waals surface area contributed by atoms with E-state index in [9.17, 15) is 24.9 Å². The number of aliphatic hydroxyl groups is 1. The smallest absolute Gasteiger partial charge is 0.165 e. The van der Waals surface area contributed by atoms with E-state index < -0.39 is 18.2 Å². The quantitative estimate of drug-likeness (QED) is 0.0433. The van der Waals surface area contributed by atoms with Gasteiger partial charge in [0.15, 0.2) is 23.1 Å². The molecule has 8 bridgehead atoms. The lowest BCUT2D eigenvalue weighted by atomic mass is 9.77. The van der Waals surface area contributed by atoms with E-state index in [2.05, 4.69) is 42.8 Å². The van der Waals surface area contributed by atoms with Gasteiger partial charge in [-0.15, -0.1) is 0 Å². The summed E-state index contributed by atoms with van der Waals surface area (Å²) in [5.41, 5.74) is 19.6. The number of aromatic amines is 1. The number of nitrogens with two attached hydrogens (primary N) is 2. The van der Waals surface area contributed by atoms with Crippen molar-refractivity contribution in [2.24, 2.45) is 28.7 Å². The van der Waals surface area contributed by atoms with Crippen molar-refractivity contribution in [1.82, 2.24) is 4.98 Å². The second-order valence-electron chi connectivity index (χ2n) is 18.1. The lowest BCUT2D eigenvalue weighted by molar-refractivity contribution is -0.114. The average molecular weight is 890 g/mol. The molecule has 4 aromatic rings. The standard InChI is InChI=1S/C52H63N3O6S2/c1-3-4-5-7-33(2)16-20-52-21-17-39(56)13-10-34-12-15-47(58)50(25-34)61-23-19-35-11-14-46(57)44(24-35)43-28-48(59)40-18-22-55-45(40)9-6-8-36-26-42(51(53)54)37(27-41(36)43)31-62-63-32-38(29-52)49(60)30-52/h11-12,14-15,17-18,21-22,24-27,33,38,43,49,51,55,57-58,60H,3-5,7,9-10,13,16,19-20,23,28-32,53-54H2,1-2H3. The van der Waals surface area contributed by atoms with Gasteiger partial charge in [0.25, 0.3) is 0 Å². The molecule has 3 aromatic carbocycles. The predicted molar refractivity (Wildman–Crippen MR) is 255 cm³/mol. The Morgan fingerprint density at radius 2 is 1.75 bits per heavy atom. The number of aliphatic hydroxyl groups excluding tert-OH is 1. The van der Waals surface area contributed by atoms with Gasteiger partial charge in [-0.1, -0.05) is 103 Å². The normalized spacial score (nSPS) is 22.5. The summed E-state index contributed by atoms with van der Waals surface area (Å²) in [6, 6.07) is 16.5. The molecule has 2 heterocycles. The van der Waals surface area contributed by atoms with E-state index in [1.54, 1.807) is 58.1 Å². The molecule has 0 spiro atoms. The first-order valence-corrected chi connectivity index (χ1v) is 25.2. The molecular formula is C52H63N3O6S2. The molecule has 0 radical (unpaired) electrons. The summed E-state index contributed by atoms with van der Waals surface area (Å²) >= 11 is 0. The Bertz CT molecular complexity index is 2340. The van der Waals surface area contributed by atoms with Crippen molar-refractivity contribution in [2.45, 2.75) is 121 Å². The number of Topliss-reactive ketones (excluding diaryl/α,β-unsaturated/α-hetero) is 1. The van der Waals surface area contributed by atoms with Crippen LogP contribution in [0.4, 0.5) is 0 Å². The number of aromatic hydroxyl groups is 2. The van der Waals surface area contributed by atoms with Gasteiger partial charge in [0, 0.05) is 65.3 Å². The maximum atomic E-state index is 14.2. The van der Waals surface area contributed by atoms with Gasteiger partial charge in [-0.25, -0.2) is 0 Å². The first kappa shape index (κ1) is 46.5. The third-order valence-electron chi connectivity index (χ3n) is 13.3. The number of H-pyrrole nitrogens is 1. The van der Waals surface area contributed by atoms with Gasteiger partial charge in [-0.3, -0.25) is 9.59 Å². The van der Waals surface area contributed by atoms with Crippen LogP contribution >= 0.6 is 21.6 Å². The van der Waals surface area contributed by atoms with E-state index >= 15 is 0 Å². The van der Waals surface area contributed by atoms with Gasteiger partial charge in [0.2, 0.25) is 0 Å². The number of aromatic nitrogens is 1. The minimum Gasteiger partial charge on any atom is -0.508 e. The number of hydrogen-bond acceptors (Lipinski definition) is 10. The summed E-state index contributed by atoms with van der Waals surface area (Å²) in [6.45, 7) is 4.80. The molecule has 334 valence electrons. The molecular weight excluding hydrogens is 827 g/mol. The molecule has 7 rings (SSSR count). The molecule has 3 aliphatic rings. The van der Waals surface area contributed by atoms with E-state index in [0.717, 1.165) is 58.5 Å². The highest BCUT2D eigenvalue weighted by atomic mass is 33.1. The number of phenols is 2. The molecule has 8 N–H and O–H groups in total. The molecule has 11 heteroatoms. The Morgan fingerprint density at radius 3 is 2.56 bits per heavy atom. The number of carbonyl (C=O) groups excluding carboxylic acids is 2. The number of ether oxygens (including phenoxy) is 1. The fourth-order valence-electron chi connectivity index (χ4n) is 9.58. The topological polar surface area (TPSA) is 172 Å². The van der Waals surface area contributed by atoms with Crippen LogP contribution in [0.2, 0.25) is 0 Å². The van der Waals surface area contributed by atoms with Crippen molar-refractivity contribution in [1.29, 1.82) is 0 Å². The van der Waals surface area contributed by atoms with Crippen LogP contribution < -0.4 is 16.2 Å². The molecule has 1 fully saturated rings. The minimum absolute atomic E-state index is 0.0134. The lowest BCUT2D eigenvalue weighted by Crippen LogP contribution is -2.22. The third kappa shape index (κ3) is 11.8. The molecule has 63 heavy (non-hydrogen) atoms. The Morgan fingerprint density at radius 1 is 0.937 bits per heavy atom. The van der Waals surface area contributed by atoms with E-state index in [4.69, 9.17) is 16.2 Å². The maximum Gasteiger partial charge on any atom is 0.165 e. The zero-order chi connectivity index (χ0) is 44.5. The van der Waals surface area contributed by atoms with Gasteiger partial charge in [-0.2, -0.15) is 0 Å². The molecule has 0 saturated heterocycles. The number of phenolic OH excluding ortho intramolecular Hbond substituents is 2. The number of rotatable bonds is 8. The van der Waals surface area contributed by atoms with Crippen LogP contribution in [0.25, 0.3) is 0 Å². The number of hydrogen-bond donors (Lipinski definition) is 6. The number of carbonyl (C=O) groups is 2. The van der Waals surface area contributed by atoms with Crippen LogP contribution in [0.15, 0.2) is 72.9 Å². The lowest BCUT2D eigenvalue weighted by Gasteiger charge is -2.27. The number of aryl methyl sites for hydroxylation is 1. The fourth-order valence-corrected chi connectivity index (χ4v) is 12.1. The first-order chi connectivity index (χ1) is 30.4. The van der Waals surface area contributed by atoms with E-state index in [-0.39, 0.29) is 47.4 Å². The number of unbranched alkanes of at least 4 members (excludes halogenated alkanes) is 2.